The van der Waals surface area contributed by atoms with Crippen molar-refractivity contribution in [1.29, 1.82) is 0 Å². The maximum absolute atomic E-state index is 2.51. The molecule has 0 amide bonds. The van der Waals surface area contributed by atoms with E-state index < -0.39 is 0 Å². The van der Waals surface area contributed by atoms with Crippen molar-refractivity contribution in [2.24, 2.45) is 0 Å². The first kappa shape index (κ1) is 10.8. The number of benzene rings is 1. The summed E-state index contributed by atoms with van der Waals surface area (Å²) in [6, 6.07) is 13.2. The minimum atomic E-state index is 0.756. The Kier molecular flexibility index (Phi) is 3.14. The highest BCUT2D eigenvalue weighted by molar-refractivity contribution is 7.08. The minimum absolute atomic E-state index is 0.756. The molecule has 1 aromatic carbocycles. The van der Waals surface area contributed by atoms with Crippen LogP contribution in [0.25, 0.3) is 0 Å². The summed E-state index contributed by atoms with van der Waals surface area (Å²) in [6.45, 7) is 2.38. The fraction of sp³-hybridized carbons (Fsp3) is 0.333. The second kappa shape index (κ2) is 4.92. The van der Waals surface area contributed by atoms with E-state index in [1.54, 1.807) is 11.3 Å². The molecule has 1 aliphatic rings. The third-order valence-electron chi connectivity index (χ3n) is 3.64. The van der Waals surface area contributed by atoms with Gasteiger partial charge in [0.05, 0.1) is 0 Å². The maximum Gasteiger partial charge on any atom is 0.0474 e. The molecule has 3 rings (SSSR count). The fourth-order valence-corrected chi connectivity index (χ4v) is 3.30. The molecule has 1 fully saturated rings. The summed E-state index contributed by atoms with van der Waals surface area (Å²) in [5.74, 6) is 0.756. The molecule has 1 saturated heterocycles. The molecule has 1 aromatic heterocycles. The van der Waals surface area contributed by atoms with Gasteiger partial charge in [0.1, 0.15) is 0 Å². The van der Waals surface area contributed by atoms with Gasteiger partial charge in [0.25, 0.3) is 0 Å². The van der Waals surface area contributed by atoms with Crippen LogP contribution in [0.15, 0.2) is 47.2 Å². The molecule has 2 aromatic rings. The number of hydrogen-bond acceptors (Lipinski definition) is 2. The Balaban J connectivity index is 1.65. The number of nitrogens with zero attached hydrogens (tertiary/aromatic N) is 1. The van der Waals surface area contributed by atoms with Crippen LogP contribution in [0.5, 0.6) is 0 Å². The molecule has 0 N–H and O–H groups in total. The Labute approximate surface area is 107 Å². The molecule has 0 aliphatic carbocycles. The van der Waals surface area contributed by atoms with Gasteiger partial charge >= 0.3 is 0 Å². The Morgan fingerprint density at radius 2 is 1.76 bits per heavy atom. The number of anilines is 1. The van der Waals surface area contributed by atoms with E-state index in [0.717, 1.165) is 5.92 Å². The number of rotatable bonds is 2. The van der Waals surface area contributed by atoms with Crippen molar-refractivity contribution >= 4 is 17.0 Å². The predicted molar refractivity (Wildman–Crippen MR) is 74.9 cm³/mol. The van der Waals surface area contributed by atoms with Gasteiger partial charge in [-0.25, -0.2) is 0 Å². The third-order valence-corrected chi connectivity index (χ3v) is 4.31. The van der Waals surface area contributed by atoms with Crippen molar-refractivity contribution in [1.82, 2.24) is 0 Å². The van der Waals surface area contributed by atoms with Crippen molar-refractivity contribution in [3.8, 4) is 0 Å². The highest BCUT2D eigenvalue weighted by atomic mass is 32.1. The van der Waals surface area contributed by atoms with Crippen molar-refractivity contribution in [2.45, 2.75) is 18.8 Å². The van der Waals surface area contributed by atoms with Crippen LogP contribution in [-0.4, -0.2) is 13.1 Å². The van der Waals surface area contributed by atoms with Crippen LogP contribution in [0.2, 0.25) is 0 Å². The molecule has 0 saturated carbocycles. The lowest BCUT2D eigenvalue weighted by molar-refractivity contribution is 0.506. The summed E-state index contributed by atoms with van der Waals surface area (Å²) < 4.78 is 0. The fourth-order valence-electron chi connectivity index (χ4n) is 2.63. The van der Waals surface area contributed by atoms with Crippen molar-refractivity contribution < 1.29 is 0 Å². The molecule has 17 heavy (non-hydrogen) atoms. The van der Waals surface area contributed by atoms with Crippen molar-refractivity contribution in [3.05, 3.63) is 52.7 Å². The first-order valence-corrected chi connectivity index (χ1v) is 7.20. The normalized spacial score (nSPS) is 17.3. The van der Waals surface area contributed by atoms with E-state index in [9.17, 15) is 0 Å². The molecule has 0 spiro atoms. The molecule has 0 bridgehead atoms. The summed E-state index contributed by atoms with van der Waals surface area (Å²) in [4.78, 5) is 2.51. The van der Waals surface area contributed by atoms with Gasteiger partial charge < -0.3 is 4.90 Å². The van der Waals surface area contributed by atoms with Gasteiger partial charge in [-0.3, -0.25) is 0 Å². The lowest BCUT2D eigenvalue weighted by Crippen LogP contribution is -2.32. The van der Waals surface area contributed by atoms with Crippen molar-refractivity contribution in [3.63, 3.8) is 0 Å². The van der Waals surface area contributed by atoms with Gasteiger partial charge in [-0.1, -0.05) is 30.3 Å². The Hall–Kier alpha value is -1.28. The quantitative estimate of drug-likeness (QED) is 0.766. The van der Waals surface area contributed by atoms with Gasteiger partial charge in [-0.2, -0.15) is 11.3 Å². The molecular weight excluding hydrogens is 226 g/mol. The van der Waals surface area contributed by atoms with Gasteiger partial charge in [0.15, 0.2) is 0 Å². The average Bonchev–Trinajstić information content (AvgIpc) is 2.94. The molecule has 1 aliphatic heterocycles. The molecule has 0 unspecified atom stereocenters. The minimum Gasteiger partial charge on any atom is -0.371 e. The number of thiophene rings is 1. The van der Waals surface area contributed by atoms with Gasteiger partial charge in [-0.15, -0.1) is 0 Å². The predicted octanol–water partition coefficient (Wildman–Crippen LogP) is 4.13. The lowest BCUT2D eigenvalue weighted by atomic mass is 9.89. The second-order valence-electron chi connectivity index (χ2n) is 4.65. The average molecular weight is 243 g/mol. The van der Waals surface area contributed by atoms with Crippen LogP contribution in [0, 0.1) is 0 Å². The van der Waals surface area contributed by atoms with E-state index in [-0.39, 0.29) is 0 Å². The Bertz CT molecular complexity index is 441. The van der Waals surface area contributed by atoms with Gasteiger partial charge in [-0.05, 0) is 35.8 Å². The van der Waals surface area contributed by atoms with Gasteiger partial charge in [0.2, 0.25) is 0 Å². The lowest BCUT2D eigenvalue weighted by Gasteiger charge is -2.33. The Morgan fingerprint density at radius 3 is 2.41 bits per heavy atom. The van der Waals surface area contributed by atoms with Crippen LogP contribution in [0.1, 0.15) is 24.3 Å². The number of hydrogen-bond donors (Lipinski definition) is 0. The van der Waals surface area contributed by atoms with E-state index in [4.69, 9.17) is 0 Å². The largest absolute Gasteiger partial charge is 0.371 e. The molecule has 2 heterocycles. The van der Waals surface area contributed by atoms with E-state index >= 15 is 0 Å². The van der Waals surface area contributed by atoms with E-state index in [2.05, 4.69) is 52.1 Å². The zero-order chi connectivity index (χ0) is 11.5. The van der Waals surface area contributed by atoms with Crippen LogP contribution in [0.3, 0.4) is 0 Å². The van der Waals surface area contributed by atoms with E-state index in [1.165, 1.54) is 37.2 Å². The van der Waals surface area contributed by atoms with Crippen LogP contribution >= 0.6 is 11.3 Å². The summed E-state index contributed by atoms with van der Waals surface area (Å²) >= 11 is 1.79. The summed E-state index contributed by atoms with van der Waals surface area (Å²) in [5, 5.41) is 4.42. The summed E-state index contributed by atoms with van der Waals surface area (Å²) in [5.41, 5.74) is 2.92. The smallest absolute Gasteiger partial charge is 0.0474 e. The molecule has 0 atom stereocenters. The molecule has 88 valence electrons. The highest BCUT2D eigenvalue weighted by Gasteiger charge is 2.20. The molecular formula is C15H17NS. The number of piperidine rings is 1. The van der Waals surface area contributed by atoms with E-state index in [0.29, 0.717) is 0 Å². The van der Waals surface area contributed by atoms with Gasteiger partial charge in [0, 0.05) is 24.2 Å². The highest BCUT2D eigenvalue weighted by Crippen LogP contribution is 2.30. The van der Waals surface area contributed by atoms with E-state index in [1.807, 2.05) is 0 Å². The topological polar surface area (TPSA) is 3.24 Å². The maximum atomic E-state index is 2.51. The van der Waals surface area contributed by atoms with Crippen molar-refractivity contribution in [2.75, 3.05) is 18.0 Å². The summed E-state index contributed by atoms with van der Waals surface area (Å²) in [6.07, 6.45) is 2.56. The standard InChI is InChI=1S/C15H17NS/c1-2-4-13(5-3-1)14-6-9-16(10-7-14)15-8-11-17-12-15/h1-5,8,11-12,14H,6-7,9-10H2. The zero-order valence-corrected chi connectivity index (χ0v) is 10.7. The van der Waals surface area contributed by atoms with Crippen LogP contribution in [-0.2, 0) is 0 Å². The van der Waals surface area contributed by atoms with Crippen LogP contribution in [0.4, 0.5) is 5.69 Å². The molecule has 2 heteroatoms. The Morgan fingerprint density at radius 1 is 1.00 bits per heavy atom. The SMILES string of the molecule is c1ccc(C2CCN(c3ccsc3)CC2)cc1. The second-order valence-corrected chi connectivity index (χ2v) is 5.43. The first-order valence-electron chi connectivity index (χ1n) is 6.25. The molecule has 1 nitrogen and oxygen atoms in total. The monoisotopic (exact) mass is 243 g/mol. The third kappa shape index (κ3) is 2.37. The summed E-state index contributed by atoms with van der Waals surface area (Å²) in [7, 11) is 0. The first-order chi connectivity index (χ1) is 8.43. The van der Waals surface area contributed by atoms with Crippen LogP contribution < -0.4 is 4.90 Å². The zero-order valence-electron chi connectivity index (χ0n) is 9.88. The molecule has 0 radical (unpaired) electrons.